The van der Waals surface area contributed by atoms with Crippen molar-refractivity contribution in [3.63, 3.8) is 0 Å². The van der Waals surface area contributed by atoms with Crippen LogP contribution in [0.3, 0.4) is 0 Å². The molecule has 0 radical (unpaired) electrons. The van der Waals surface area contributed by atoms with Crippen molar-refractivity contribution in [2.45, 2.75) is 13.8 Å². The predicted octanol–water partition coefficient (Wildman–Crippen LogP) is 5.49. The number of amidine groups is 1. The summed E-state index contributed by atoms with van der Waals surface area (Å²) in [4.78, 5) is 19.4. The molecular formula is C19H15BrN4O2S2. The third-order valence-corrected chi connectivity index (χ3v) is 6.21. The topological polar surface area (TPSA) is 71.6 Å². The molecule has 4 rings (SSSR count). The molecule has 0 unspecified atom stereocenters. The maximum atomic E-state index is 12.7. The second-order valence-corrected chi connectivity index (χ2v) is 8.95. The lowest BCUT2D eigenvalue weighted by Crippen LogP contribution is -2.28. The Morgan fingerprint density at radius 3 is 2.68 bits per heavy atom. The van der Waals surface area contributed by atoms with Crippen LogP contribution in [-0.2, 0) is 4.79 Å². The first-order valence-corrected chi connectivity index (χ1v) is 10.9. The summed E-state index contributed by atoms with van der Waals surface area (Å²) in [5.41, 5.74) is 0.974. The standard InChI is InChI=1S/C19H15BrN4O2S2/c1-3-24-17(25)16(28-19(24)21-18-23-22-11(2)27-18)10-14-8-9-15(26-14)12-4-6-13(20)7-5-12/h4-10H,3H2,1-2H3/b16-10+,21-19+. The maximum Gasteiger partial charge on any atom is 0.266 e. The summed E-state index contributed by atoms with van der Waals surface area (Å²) in [7, 11) is 0. The molecule has 3 heterocycles. The fourth-order valence-electron chi connectivity index (χ4n) is 2.61. The van der Waals surface area contributed by atoms with Crippen LogP contribution in [-0.4, -0.2) is 32.7 Å². The average molecular weight is 475 g/mol. The Morgan fingerprint density at radius 2 is 2.00 bits per heavy atom. The van der Waals surface area contributed by atoms with E-state index in [1.807, 2.05) is 50.2 Å². The molecule has 1 fully saturated rings. The van der Waals surface area contributed by atoms with Gasteiger partial charge in [0.25, 0.3) is 5.91 Å². The number of aliphatic imine (C=N–C) groups is 1. The lowest BCUT2D eigenvalue weighted by molar-refractivity contribution is -0.122. The van der Waals surface area contributed by atoms with Crippen LogP contribution in [0.25, 0.3) is 17.4 Å². The molecule has 1 aliphatic heterocycles. The van der Waals surface area contributed by atoms with Crippen molar-refractivity contribution in [1.29, 1.82) is 0 Å². The van der Waals surface area contributed by atoms with Gasteiger partial charge in [0.05, 0.1) is 4.91 Å². The quantitative estimate of drug-likeness (QED) is 0.467. The summed E-state index contributed by atoms with van der Waals surface area (Å²) in [6.45, 7) is 4.32. The minimum atomic E-state index is -0.0888. The number of rotatable bonds is 4. The molecule has 0 aliphatic carbocycles. The Bertz CT molecular complexity index is 1090. The summed E-state index contributed by atoms with van der Waals surface area (Å²) in [5, 5.41) is 9.97. The molecule has 1 amide bonds. The smallest absolute Gasteiger partial charge is 0.266 e. The number of likely N-dealkylation sites (N-methyl/N-ethyl adjacent to an activating group) is 1. The van der Waals surface area contributed by atoms with E-state index >= 15 is 0 Å². The van der Waals surface area contributed by atoms with E-state index in [9.17, 15) is 4.79 Å². The molecule has 9 heteroatoms. The van der Waals surface area contributed by atoms with Gasteiger partial charge >= 0.3 is 0 Å². The number of carbonyl (C=O) groups is 1. The van der Waals surface area contributed by atoms with Gasteiger partial charge < -0.3 is 4.42 Å². The fourth-order valence-corrected chi connectivity index (χ4v) is 4.52. The van der Waals surface area contributed by atoms with Crippen LogP contribution in [0.4, 0.5) is 5.13 Å². The Morgan fingerprint density at radius 1 is 1.21 bits per heavy atom. The molecule has 1 saturated heterocycles. The molecule has 0 spiro atoms. The van der Waals surface area contributed by atoms with Gasteiger partial charge in [-0.2, -0.15) is 4.99 Å². The minimum absolute atomic E-state index is 0.0888. The number of halogens is 1. The van der Waals surface area contributed by atoms with Crippen molar-refractivity contribution < 1.29 is 9.21 Å². The van der Waals surface area contributed by atoms with E-state index < -0.39 is 0 Å². The van der Waals surface area contributed by atoms with Crippen molar-refractivity contribution in [2.24, 2.45) is 4.99 Å². The largest absolute Gasteiger partial charge is 0.457 e. The number of carbonyl (C=O) groups excluding carboxylic acids is 1. The molecule has 6 nitrogen and oxygen atoms in total. The lowest BCUT2D eigenvalue weighted by atomic mass is 10.2. The zero-order valence-electron chi connectivity index (χ0n) is 15.0. The molecule has 1 aromatic carbocycles. The summed E-state index contributed by atoms with van der Waals surface area (Å²) in [6, 6.07) is 11.6. The van der Waals surface area contributed by atoms with E-state index in [2.05, 4.69) is 31.1 Å². The predicted molar refractivity (Wildman–Crippen MR) is 117 cm³/mol. The highest BCUT2D eigenvalue weighted by atomic mass is 79.9. The Kier molecular flexibility index (Phi) is 5.47. The van der Waals surface area contributed by atoms with E-state index in [0.29, 0.717) is 27.5 Å². The molecule has 142 valence electrons. The van der Waals surface area contributed by atoms with Gasteiger partial charge in [-0.3, -0.25) is 9.69 Å². The number of aromatic nitrogens is 2. The van der Waals surface area contributed by atoms with Gasteiger partial charge in [0, 0.05) is 22.7 Å². The first-order valence-electron chi connectivity index (χ1n) is 8.49. The number of furan rings is 1. The first-order chi connectivity index (χ1) is 13.5. The molecule has 0 N–H and O–H groups in total. The third kappa shape index (κ3) is 3.96. The van der Waals surface area contributed by atoms with Crippen LogP contribution in [0.2, 0.25) is 0 Å². The lowest BCUT2D eigenvalue weighted by Gasteiger charge is -2.10. The van der Waals surface area contributed by atoms with Crippen molar-refractivity contribution in [1.82, 2.24) is 15.1 Å². The van der Waals surface area contributed by atoms with Crippen molar-refractivity contribution in [3.05, 3.63) is 56.5 Å². The third-order valence-electron chi connectivity index (χ3n) is 3.94. The number of aryl methyl sites for hydroxylation is 1. The van der Waals surface area contributed by atoms with Crippen molar-refractivity contribution in [3.8, 4) is 11.3 Å². The van der Waals surface area contributed by atoms with Crippen LogP contribution in [0.15, 0.2) is 55.2 Å². The zero-order valence-corrected chi connectivity index (χ0v) is 18.3. The summed E-state index contributed by atoms with van der Waals surface area (Å²) in [5.74, 6) is 1.28. The Hall–Kier alpha value is -2.23. The van der Waals surface area contributed by atoms with Crippen LogP contribution in [0.1, 0.15) is 17.7 Å². The molecule has 3 aromatic rings. The van der Waals surface area contributed by atoms with Gasteiger partial charge in [-0.15, -0.1) is 10.2 Å². The number of nitrogens with zero attached hydrogens (tertiary/aromatic N) is 4. The first kappa shape index (κ1) is 19.1. The molecule has 0 saturated carbocycles. The zero-order chi connectivity index (χ0) is 19.7. The van der Waals surface area contributed by atoms with Crippen LogP contribution in [0.5, 0.6) is 0 Å². The van der Waals surface area contributed by atoms with E-state index in [1.165, 1.54) is 23.1 Å². The molecule has 2 aromatic heterocycles. The van der Waals surface area contributed by atoms with Gasteiger partial charge in [0.1, 0.15) is 16.5 Å². The van der Waals surface area contributed by atoms with Crippen molar-refractivity contribution in [2.75, 3.05) is 6.54 Å². The Labute approximate surface area is 178 Å². The molecule has 0 atom stereocenters. The molecule has 1 aliphatic rings. The molecule has 0 bridgehead atoms. The van der Waals surface area contributed by atoms with E-state index in [0.717, 1.165) is 20.8 Å². The summed E-state index contributed by atoms with van der Waals surface area (Å²) >= 11 is 6.14. The minimum Gasteiger partial charge on any atom is -0.457 e. The summed E-state index contributed by atoms with van der Waals surface area (Å²) < 4.78 is 6.92. The van der Waals surface area contributed by atoms with E-state index in [4.69, 9.17) is 4.42 Å². The molecule has 28 heavy (non-hydrogen) atoms. The van der Waals surface area contributed by atoms with Crippen LogP contribution >= 0.6 is 39.0 Å². The normalized spacial score (nSPS) is 17.2. The monoisotopic (exact) mass is 474 g/mol. The number of benzene rings is 1. The van der Waals surface area contributed by atoms with Gasteiger partial charge in [0.2, 0.25) is 5.13 Å². The van der Waals surface area contributed by atoms with Gasteiger partial charge in [-0.05, 0) is 49.9 Å². The second kappa shape index (κ2) is 8.02. The SMILES string of the molecule is CCN1C(=O)/C(=C\c2ccc(-c3ccc(Br)cc3)o2)S/C1=N/c1nnc(C)s1. The van der Waals surface area contributed by atoms with Crippen LogP contribution < -0.4 is 0 Å². The average Bonchev–Trinajstić information content (AvgIpc) is 3.37. The van der Waals surface area contributed by atoms with E-state index in [1.54, 1.807) is 11.0 Å². The Balaban J connectivity index is 1.60. The fraction of sp³-hybridized carbons (Fsp3) is 0.158. The van der Waals surface area contributed by atoms with Crippen LogP contribution in [0, 0.1) is 6.92 Å². The second-order valence-electron chi connectivity index (χ2n) is 5.87. The highest BCUT2D eigenvalue weighted by Crippen LogP contribution is 2.35. The number of hydrogen-bond acceptors (Lipinski definition) is 7. The maximum absolute atomic E-state index is 12.7. The number of thioether (sulfide) groups is 1. The van der Waals surface area contributed by atoms with Gasteiger partial charge in [-0.1, -0.05) is 39.4 Å². The summed E-state index contributed by atoms with van der Waals surface area (Å²) in [6.07, 6.45) is 1.76. The van der Waals surface area contributed by atoms with Gasteiger partial charge in [-0.25, -0.2) is 0 Å². The van der Waals surface area contributed by atoms with E-state index in [-0.39, 0.29) is 5.91 Å². The molecular weight excluding hydrogens is 460 g/mol. The number of amides is 1. The van der Waals surface area contributed by atoms with Crippen molar-refractivity contribution >= 4 is 61.3 Å². The number of hydrogen-bond donors (Lipinski definition) is 0. The highest BCUT2D eigenvalue weighted by Gasteiger charge is 2.32. The highest BCUT2D eigenvalue weighted by molar-refractivity contribution is 9.10. The van der Waals surface area contributed by atoms with Gasteiger partial charge in [0.15, 0.2) is 5.17 Å².